The van der Waals surface area contributed by atoms with Crippen LogP contribution in [0.5, 0.6) is 0 Å². The fourth-order valence-corrected chi connectivity index (χ4v) is 2.43. The quantitative estimate of drug-likeness (QED) is 0.759. The van der Waals surface area contributed by atoms with Crippen LogP contribution in [-0.2, 0) is 4.79 Å². The van der Waals surface area contributed by atoms with E-state index in [2.05, 4.69) is 26.2 Å². The van der Waals surface area contributed by atoms with Crippen molar-refractivity contribution in [1.29, 1.82) is 0 Å². The second kappa shape index (κ2) is 5.73. The first-order valence-corrected chi connectivity index (χ1v) is 7.31. The molecule has 2 aromatic carbocycles. The molecule has 0 radical (unpaired) electrons. The van der Waals surface area contributed by atoms with E-state index in [1.165, 1.54) is 6.92 Å². The molecule has 3 rings (SSSR count). The number of halogens is 1. The summed E-state index contributed by atoms with van der Waals surface area (Å²) < 4.78 is 6.07. The normalized spacial score (nSPS) is 10.6. The highest BCUT2D eigenvalue weighted by Crippen LogP contribution is 2.22. The topological polar surface area (TPSA) is 72.2 Å². The van der Waals surface area contributed by atoms with Gasteiger partial charge in [0.05, 0.1) is 10.9 Å². The van der Waals surface area contributed by atoms with Crippen LogP contribution in [0.4, 0.5) is 5.69 Å². The van der Waals surface area contributed by atoms with Crippen LogP contribution in [0.25, 0.3) is 22.4 Å². The van der Waals surface area contributed by atoms with Crippen LogP contribution >= 0.6 is 15.9 Å². The first-order chi connectivity index (χ1) is 10.5. The summed E-state index contributed by atoms with van der Waals surface area (Å²) >= 11 is 3.31. The summed E-state index contributed by atoms with van der Waals surface area (Å²) in [4.78, 5) is 27.4. The molecular weight excluding hydrogens is 348 g/mol. The van der Waals surface area contributed by atoms with E-state index in [-0.39, 0.29) is 11.8 Å². The highest BCUT2D eigenvalue weighted by atomic mass is 79.9. The minimum atomic E-state index is -0.438. The molecule has 0 spiro atoms. The van der Waals surface area contributed by atoms with Gasteiger partial charge in [0.15, 0.2) is 0 Å². The molecule has 0 fully saturated rings. The van der Waals surface area contributed by atoms with Crippen LogP contribution < -0.4 is 10.9 Å². The van der Waals surface area contributed by atoms with Crippen molar-refractivity contribution in [3.05, 3.63) is 57.4 Å². The summed E-state index contributed by atoms with van der Waals surface area (Å²) in [6.45, 7) is 1.44. The van der Waals surface area contributed by atoms with E-state index < -0.39 is 5.63 Å². The molecule has 0 unspecified atom stereocenters. The lowest BCUT2D eigenvalue weighted by atomic mass is 10.2. The van der Waals surface area contributed by atoms with Gasteiger partial charge in [0.25, 0.3) is 0 Å². The van der Waals surface area contributed by atoms with Crippen molar-refractivity contribution in [2.45, 2.75) is 6.92 Å². The molecule has 1 aromatic heterocycles. The monoisotopic (exact) mass is 358 g/mol. The Balaban J connectivity index is 2.05. The number of amides is 1. The maximum absolute atomic E-state index is 12.1. The lowest BCUT2D eigenvalue weighted by molar-refractivity contribution is -0.114. The van der Waals surface area contributed by atoms with Crippen LogP contribution in [0, 0.1) is 0 Å². The molecule has 0 aliphatic carbocycles. The predicted octanol–water partition coefficient (Wildman–Crippen LogP) is 3.58. The molecule has 1 amide bonds. The van der Waals surface area contributed by atoms with Crippen molar-refractivity contribution in [3.8, 4) is 11.5 Å². The summed E-state index contributed by atoms with van der Waals surface area (Å²) in [5.74, 6) is 0.0999. The molecule has 0 aliphatic rings. The standard InChI is InChI=1S/C16H11BrN2O3/c1-9(20)18-12-5-2-10(3-6-12)15-19-14-7-4-11(17)8-13(14)16(21)22-15/h2-8H,1H3,(H,18,20). The van der Waals surface area contributed by atoms with E-state index in [4.69, 9.17) is 4.42 Å². The number of nitrogens with zero attached hydrogens (tertiary/aromatic N) is 1. The number of anilines is 1. The first kappa shape index (κ1) is 14.5. The smallest absolute Gasteiger partial charge is 0.347 e. The molecule has 0 saturated carbocycles. The van der Waals surface area contributed by atoms with Crippen LogP contribution in [-0.4, -0.2) is 10.9 Å². The Labute approximate surface area is 134 Å². The van der Waals surface area contributed by atoms with E-state index in [0.717, 1.165) is 4.47 Å². The molecular formula is C16H11BrN2O3. The molecule has 1 N–H and O–H groups in total. The molecule has 1 heterocycles. The minimum Gasteiger partial charge on any atom is -0.403 e. The highest BCUT2D eigenvalue weighted by Gasteiger charge is 2.09. The predicted molar refractivity (Wildman–Crippen MR) is 87.7 cm³/mol. The van der Waals surface area contributed by atoms with Crippen LogP contribution in [0.1, 0.15) is 6.92 Å². The number of carbonyl (C=O) groups excluding carboxylic acids is 1. The van der Waals surface area contributed by atoms with Crippen molar-refractivity contribution in [2.75, 3.05) is 5.32 Å². The average Bonchev–Trinajstić information content (AvgIpc) is 2.48. The minimum absolute atomic E-state index is 0.145. The number of hydrogen-bond acceptors (Lipinski definition) is 4. The zero-order valence-corrected chi connectivity index (χ0v) is 13.2. The maximum atomic E-state index is 12.1. The number of rotatable bonds is 2. The van der Waals surface area contributed by atoms with Gasteiger partial charge >= 0.3 is 5.63 Å². The van der Waals surface area contributed by atoms with E-state index in [1.54, 1.807) is 36.4 Å². The van der Waals surface area contributed by atoms with Crippen molar-refractivity contribution in [3.63, 3.8) is 0 Å². The Kier molecular flexibility index (Phi) is 3.77. The number of hydrogen-bond donors (Lipinski definition) is 1. The van der Waals surface area contributed by atoms with Crippen molar-refractivity contribution in [2.24, 2.45) is 0 Å². The SMILES string of the molecule is CC(=O)Nc1ccc(-c2nc3ccc(Br)cc3c(=O)o2)cc1. The van der Waals surface area contributed by atoms with Gasteiger partial charge in [0.1, 0.15) is 0 Å². The van der Waals surface area contributed by atoms with E-state index in [0.29, 0.717) is 22.2 Å². The Hall–Kier alpha value is -2.47. The van der Waals surface area contributed by atoms with Gasteiger partial charge in [-0.15, -0.1) is 0 Å². The van der Waals surface area contributed by atoms with Crippen molar-refractivity contribution >= 4 is 38.4 Å². The maximum Gasteiger partial charge on any atom is 0.347 e. The summed E-state index contributed by atoms with van der Waals surface area (Å²) in [5.41, 5.74) is 1.46. The summed E-state index contributed by atoms with van der Waals surface area (Å²) in [6.07, 6.45) is 0. The Morgan fingerprint density at radius 3 is 2.59 bits per heavy atom. The Bertz CT molecular complexity index is 917. The molecule has 0 saturated heterocycles. The lowest BCUT2D eigenvalue weighted by Gasteiger charge is -2.04. The Morgan fingerprint density at radius 1 is 1.18 bits per heavy atom. The van der Waals surface area contributed by atoms with Gasteiger partial charge in [-0.25, -0.2) is 9.78 Å². The highest BCUT2D eigenvalue weighted by molar-refractivity contribution is 9.10. The second-order valence-corrected chi connectivity index (χ2v) is 5.64. The fraction of sp³-hybridized carbons (Fsp3) is 0.0625. The lowest BCUT2D eigenvalue weighted by Crippen LogP contribution is -2.05. The van der Waals surface area contributed by atoms with Gasteiger partial charge in [0.2, 0.25) is 11.8 Å². The molecule has 22 heavy (non-hydrogen) atoms. The number of aromatic nitrogens is 1. The zero-order chi connectivity index (χ0) is 15.7. The Morgan fingerprint density at radius 2 is 1.91 bits per heavy atom. The third-order valence-electron chi connectivity index (χ3n) is 3.04. The first-order valence-electron chi connectivity index (χ1n) is 6.51. The number of benzene rings is 2. The largest absolute Gasteiger partial charge is 0.403 e. The van der Waals surface area contributed by atoms with E-state index >= 15 is 0 Å². The number of nitrogens with one attached hydrogen (secondary N) is 1. The van der Waals surface area contributed by atoms with Gasteiger partial charge in [-0.1, -0.05) is 15.9 Å². The van der Waals surface area contributed by atoms with Crippen LogP contribution in [0.3, 0.4) is 0 Å². The van der Waals surface area contributed by atoms with Crippen molar-refractivity contribution < 1.29 is 9.21 Å². The molecule has 110 valence electrons. The molecule has 3 aromatic rings. The molecule has 5 nitrogen and oxygen atoms in total. The summed E-state index contributed by atoms with van der Waals surface area (Å²) in [6, 6.07) is 12.2. The van der Waals surface area contributed by atoms with Gasteiger partial charge in [-0.3, -0.25) is 4.79 Å². The van der Waals surface area contributed by atoms with E-state index in [9.17, 15) is 9.59 Å². The van der Waals surface area contributed by atoms with Crippen LogP contribution in [0.2, 0.25) is 0 Å². The average molecular weight is 359 g/mol. The zero-order valence-electron chi connectivity index (χ0n) is 11.6. The molecule has 0 atom stereocenters. The summed E-state index contributed by atoms with van der Waals surface area (Å²) in [7, 11) is 0. The third kappa shape index (κ3) is 2.92. The molecule has 6 heteroatoms. The summed E-state index contributed by atoms with van der Waals surface area (Å²) in [5, 5.41) is 3.10. The van der Waals surface area contributed by atoms with E-state index in [1.807, 2.05) is 6.07 Å². The van der Waals surface area contributed by atoms with Gasteiger partial charge in [-0.05, 0) is 42.5 Å². The third-order valence-corrected chi connectivity index (χ3v) is 3.54. The number of carbonyl (C=O) groups is 1. The van der Waals surface area contributed by atoms with Gasteiger partial charge in [-0.2, -0.15) is 0 Å². The van der Waals surface area contributed by atoms with Gasteiger partial charge in [0, 0.05) is 22.6 Å². The van der Waals surface area contributed by atoms with Crippen molar-refractivity contribution in [1.82, 2.24) is 4.98 Å². The van der Waals surface area contributed by atoms with Gasteiger partial charge < -0.3 is 9.73 Å². The molecule has 0 aliphatic heterocycles. The number of fused-ring (bicyclic) bond motifs is 1. The second-order valence-electron chi connectivity index (χ2n) is 4.73. The van der Waals surface area contributed by atoms with Crippen LogP contribution in [0.15, 0.2) is 56.1 Å². The fourth-order valence-electron chi connectivity index (χ4n) is 2.07. The molecule has 0 bridgehead atoms.